The molecule has 4 nitrogen and oxygen atoms in total. The molecule has 0 amide bonds. The summed E-state index contributed by atoms with van der Waals surface area (Å²) in [6.45, 7) is 0. The number of carbonyl (C=O) groups excluding carboxylic acids is 1. The Bertz CT molecular complexity index is 1310. The third kappa shape index (κ3) is 16.1. The fraction of sp³-hybridized carbons (Fsp3) is 0.333. The van der Waals surface area contributed by atoms with Crippen LogP contribution in [0.15, 0.2) is 84.9 Å². The first-order valence-electron chi connectivity index (χ1n) is 12.8. The maximum atomic E-state index is 12.7. The van der Waals surface area contributed by atoms with E-state index in [-0.39, 0.29) is 25.0 Å². The summed E-state index contributed by atoms with van der Waals surface area (Å²) in [7, 11) is -0.823. The van der Waals surface area contributed by atoms with E-state index in [0.717, 1.165) is 27.4 Å². The van der Waals surface area contributed by atoms with Crippen molar-refractivity contribution in [2.24, 2.45) is 14.1 Å². The first kappa shape index (κ1) is 43.3. The molecule has 0 saturated heterocycles. The molecule has 45 heavy (non-hydrogen) atoms. The van der Waals surface area contributed by atoms with E-state index in [1.165, 1.54) is 19.7 Å². The van der Waals surface area contributed by atoms with Gasteiger partial charge in [0.05, 0.1) is 14.1 Å². The first-order valence-corrected chi connectivity index (χ1v) is 12.8. The molecule has 1 heterocycles. The van der Waals surface area contributed by atoms with E-state index in [9.17, 15) is 44.1 Å². The lowest BCUT2D eigenvalue weighted by molar-refractivity contribution is -0.667. The van der Waals surface area contributed by atoms with Gasteiger partial charge in [0.25, 0.3) is 0 Å². The van der Waals surface area contributed by atoms with E-state index >= 15 is 0 Å². The molecule has 0 fully saturated rings. The van der Waals surface area contributed by atoms with E-state index in [2.05, 4.69) is 0 Å². The summed E-state index contributed by atoms with van der Waals surface area (Å²) in [4.78, 5) is 9.98. The van der Waals surface area contributed by atoms with Gasteiger partial charge in [-0.05, 0) is 42.5 Å². The highest BCUT2D eigenvalue weighted by molar-refractivity contribution is 6.33. The van der Waals surface area contributed by atoms with Crippen molar-refractivity contribution < 1.29 is 58.5 Å². The van der Waals surface area contributed by atoms with Gasteiger partial charge < -0.3 is 14.6 Å². The van der Waals surface area contributed by atoms with E-state index in [1.807, 2.05) is 30.3 Å². The minimum Gasteiger partial charge on any atom is -1.00 e. The summed E-state index contributed by atoms with van der Waals surface area (Å²) >= 11 is 0. The number of hydrogen-bond acceptors (Lipinski definition) is 2. The first-order chi connectivity index (χ1) is 20.1. The Kier molecular flexibility index (Phi) is 20.2. The molecule has 0 saturated carbocycles. The van der Waals surface area contributed by atoms with Crippen LogP contribution in [0.4, 0.5) is 39.3 Å². The lowest BCUT2D eigenvalue weighted by Crippen LogP contribution is -3.00. The van der Waals surface area contributed by atoms with Crippen LogP contribution in [0, 0.1) is 0 Å². The minimum atomic E-state index is -4.51. The molecule has 4 rings (SSSR count). The van der Waals surface area contributed by atoms with Crippen molar-refractivity contribution in [3.63, 3.8) is 0 Å². The molecule has 15 heteroatoms. The summed E-state index contributed by atoms with van der Waals surface area (Å²) in [5, 5.41) is 8.72. The van der Waals surface area contributed by atoms with E-state index < -0.39 is 31.8 Å². The number of carbonyl (C=O) groups is 1. The molecule has 0 aliphatic heterocycles. The van der Waals surface area contributed by atoms with Crippen molar-refractivity contribution in [3.8, 4) is 0 Å². The Morgan fingerprint density at radius 1 is 0.822 bits per heavy atom. The van der Waals surface area contributed by atoms with Gasteiger partial charge in [0.15, 0.2) is 11.0 Å². The quantitative estimate of drug-likeness (QED) is 0.139. The van der Waals surface area contributed by atoms with Gasteiger partial charge in [0.2, 0.25) is 0 Å². The van der Waals surface area contributed by atoms with Crippen LogP contribution in [0.3, 0.4) is 0 Å². The van der Waals surface area contributed by atoms with Gasteiger partial charge in [-0.1, -0.05) is 80.2 Å². The molecule has 0 aliphatic carbocycles. The Balaban J connectivity index is 0. The highest BCUT2D eigenvalue weighted by Crippen LogP contribution is 2.29. The third-order valence-corrected chi connectivity index (χ3v) is 5.81. The van der Waals surface area contributed by atoms with Crippen LogP contribution in [0.5, 0.6) is 0 Å². The predicted molar refractivity (Wildman–Crippen MR) is 153 cm³/mol. The molecule has 0 bridgehead atoms. The molecule has 0 spiro atoms. The van der Waals surface area contributed by atoms with Crippen molar-refractivity contribution in [2.75, 3.05) is 0 Å². The maximum Gasteiger partial charge on any atom is 0.762 e. The zero-order valence-electron chi connectivity index (χ0n) is 23.7. The monoisotopic (exact) mass is 656 g/mol. The summed E-state index contributed by atoms with van der Waals surface area (Å²) in [6.07, 6.45) is -8.66. The van der Waals surface area contributed by atoms with Gasteiger partial charge in [-0.15, -0.1) is 0 Å². The molecular formula is C30H35BF10N2O2. The summed E-state index contributed by atoms with van der Waals surface area (Å²) in [5.74, 6) is -0.649. The van der Waals surface area contributed by atoms with Gasteiger partial charge in [-0.3, -0.25) is 12.9 Å². The number of fused-ring (bicyclic) bond motifs is 1. The Hall–Kier alpha value is -3.88. The third-order valence-electron chi connectivity index (χ3n) is 5.81. The average molecular weight is 656 g/mol. The topological polar surface area (TPSA) is 46.1 Å². The van der Waals surface area contributed by atoms with Crippen molar-refractivity contribution >= 4 is 24.9 Å². The number of nitrogens with zero attached hydrogens (tertiary/aromatic N) is 2. The lowest BCUT2D eigenvalue weighted by Gasteiger charge is -2.13. The molecule has 1 aromatic heterocycles. The molecule has 250 valence electrons. The summed E-state index contributed by atoms with van der Waals surface area (Å²) < 4.78 is 105. The summed E-state index contributed by atoms with van der Waals surface area (Å²) in [6, 6.07) is 25.6. The van der Waals surface area contributed by atoms with Crippen LogP contribution in [0.1, 0.15) is 37.2 Å². The molecular weight excluding hydrogens is 621 g/mol. The second kappa shape index (κ2) is 21.0. The molecule has 3 aromatic carbocycles. The van der Waals surface area contributed by atoms with Crippen LogP contribution in [-0.4, -0.2) is 35.8 Å². The predicted octanol–water partition coefficient (Wildman–Crippen LogP) is 4.90. The molecule has 1 N–H and O–H groups in total. The zero-order valence-corrected chi connectivity index (χ0v) is 23.7. The Morgan fingerprint density at radius 3 is 1.64 bits per heavy atom. The summed E-state index contributed by atoms with van der Waals surface area (Å²) in [5.41, 5.74) is 3.19. The Labute approximate surface area is 255 Å². The number of aliphatic hydroxyl groups excluding tert-OH is 1. The number of para-hydroxylation sites is 2. The lowest BCUT2D eigenvalue weighted by atomic mass is 10.1. The number of aryl methyl sites for hydroxylation is 4. The molecule has 1 atom stereocenters. The van der Waals surface area contributed by atoms with Gasteiger partial charge in [0, 0.05) is 6.42 Å². The van der Waals surface area contributed by atoms with Crippen molar-refractivity contribution in [1.29, 1.82) is 0 Å². The second-order valence-corrected chi connectivity index (χ2v) is 8.95. The van der Waals surface area contributed by atoms with E-state index in [1.54, 1.807) is 54.6 Å². The molecule has 0 radical (unpaired) electrons. The highest BCUT2D eigenvalue weighted by Gasteiger charge is 2.45. The fourth-order valence-corrected chi connectivity index (χ4v) is 3.85. The van der Waals surface area contributed by atoms with Crippen LogP contribution >= 0.6 is 0 Å². The van der Waals surface area contributed by atoms with Gasteiger partial charge >= 0.3 is 25.7 Å². The number of halogens is 10. The zero-order chi connectivity index (χ0) is 32.6. The number of rotatable bonds is 6. The van der Waals surface area contributed by atoms with Crippen molar-refractivity contribution in [2.45, 2.75) is 51.6 Å². The number of alkyl halides is 6. The van der Waals surface area contributed by atoms with Gasteiger partial charge in [0.1, 0.15) is 12.4 Å². The van der Waals surface area contributed by atoms with Crippen molar-refractivity contribution in [3.05, 3.63) is 102 Å². The second-order valence-electron chi connectivity index (χ2n) is 8.95. The number of imidazole rings is 1. The van der Waals surface area contributed by atoms with Crippen LogP contribution in [0.25, 0.3) is 11.0 Å². The SMILES string of the molecule is C.Cn1c(C(F)(F)F)[n+](C)c2ccccc21.FB(F)F.O=CCCc1ccccc1.OC(CCc1ccccc1)C(F)(F)F.[F-]. The highest BCUT2D eigenvalue weighted by atomic mass is 19.4. The number of benzene rings is 3. The maximum absolute atomic E-state index is 12.7. The Morgan fingerprint density at radius 2 is 1.24 bits per heavy atom. The minimum absolute atomic E-state index is 0. The smallest absolute Gasteiger partial charge is 0.762 e. The largest absolute Gasteiger partial charge is 1.00 e. The number of aliphatic hydroxyl groups is 1. The van der Waals surface area contributed by atoms with E-state index in [0.29, 0.717) is 17.5 Å². The van der Waals surface area contributed by atoms with Gasteiger partial charge in [-0.25, -0.2) is 9.13 Å². The normalized spacial score (nSPS) is 11.1. The molecule has 0 aliphatic rings. The van der Waals surface area contributed by atoms with Crippen molar-refractivity contribution in [1.82, 2.24) is 4.57 Å². The standard InChI is InChI=1S/C10H10F3N2.C10H11F3O.C9H10O.CH4.BF3.FH/c1-14-7-5-3-4-6-8(7)15(2)9(14)10(11,12)13;11-10(12,13)9(14)7-6-8-4-2-1-3-5-8;10-8-4-7-9-5-2-1-3-6-9;;2-1(3)4;/h3-6H,1-2H3;1-5,9,14H,6-7H2;1-3,5-6,8H,4,7H2;1H4;;1H/q+1;;;;;/p-1. The number of hydrogen-bond donors (Lipinski definition) is 1. The number of aldehydes is 1. The van der Waals surface area contributed by atoms with Crippen LogP contribution in [0.2, 0.25) is 0 Å². The molecule has 4 aromatic rings. The van der Waals surface area contributed by atoms with Gasteiger partial charge in [-0.2, -0.15) is 26.3 Å². The molecule has 1 unspecified atom stereocenters. The average Bonchev–Trinajstić information content (AvgIpc) is 3.21. The van der Waals surface area contributed by atoms with Crippen LogP contribution < -0.4 is 9.27 Å². The number of aromatic nitrogens is 2. The fourth-order valence-electron chi connectivity index (χ4n) is 3.85. The van der Waals surface area contributed by atoms with Crippen LogP contribution in [-0.2, 0) is 37.9 Å². The van der Waals surface area contributed by atoms with E-state index in [4.69, 9.17) is 5.11 Å².